The molecule has 4 nitrogen and oxygen atoms in total. The topological polar surface area (TPSA) is 46.9 Å². The van der Waals surface area contributed by atoms with Gasteiger partial charge in [-0.2, -0.15) is 16.4 Å². The van der Waals surface area contributed by atoms with Gasteiger partial charge in [-0.25, -0.2) is 0 Å². The van der Waals surface area contributed by atoms with Gasteiger partial charge in [0.05, 0.1) is 12.2 Å². The molecule has 1 amide bonds. The predicted octanol–water partition coefficient (Wildman–Crippen LogP) is 3.80. The molecular formula is C16H14BrN3OS. The van der Waals surface area contributed by atoms with Gasteiger partial charge in [0, 0.05) is 33.7 Å². The number of aromatic nitrogens is 2. The molecule has 0 radical (unpaired) electrons. The molecule has 2 aromatic heterocycles. The monoisotopic (exact) mass is 375 g/mol. The van der Waals surface area contributed by atoms with Gasteiger partial charge >= 0.3 is 0 Å². The maximum Gasteiger partial charge on any atom is 0.251 e. The van der Waals surface area contributed by atoms with Gasteiger partial charge in [0.1, 0.15) is 0 Å². The predicted molar refractivity (Wildman–Crippen MR) is 92.0 cm³/mol. The molecule has 0 spiro atoms. The van der Waals surface area contributed by atoms with Crippen LogP contribution in [0.15, 0.2) is 57.8 Å². The Morgan fingerprint density at radius 3 is 2.77 bits per heavy atom. The van der Waals surface area contributed by atoms with E-state index in [0.717, 1.165) is 15.7 Å². The van der Waals surface area contributed by atoms with Crippen molar-refractivity contribution in [3.63, 3.8) is 0 Å². The Balaban J connectivity index is 1.53. The van der Waals surface area contributed by atoms with Crippen molar-refractivity contribution in [3.05, 3.63) is 63.4 Å². The largest absolute Gasteiger partial charge is 0.350 e. The Kier molecular flexibility index (Phi) is 4.70. The average molecular weight is 376 g/mol. The van der Waals surface area contributed by atoms with Crippen molar-refractivity contribution in [2.45, 2.75) is 6.54 Å². The number of nitrogens with zero attached hydrogens (tertiary/aromatic N) is 2. The van der Waals surface area contributed by atoms with Gasteiger partial charge in [-0.15, -0.1) is 0 Å². The molecule has 0 saturated heterocycles. The van der Waals surface area contributed by atoms with Gasteiger partial charge < -0.3 is 5.32 Å². The molecule has 0 saturated carbocycles. The van der Waals surface area contributed by atoms with Crippen LogP contribution in [0.1, 0.15) is 10.4 Å². The highest BCUT2D eigenvalue weighted by Gasteiger charge is 2.05. The van der Waals surface area contributed by atoms with Gasteiger partial charge in [-0.3, -0.25) is 9.48 Å². The van der Waals surface area contributed by atoms with Crippen LogP contribution in [-0.4, -0.2) is 22.2 Å². The fourth-order valence-electron chi connectivity index (χ4n) is 2.04. The summed E-state index contributed by atoms with van der Waals surface area (Å²) >= 11 is 5.01. The number of hydrogen-bond acceptors (Lipinski definition) is 3. The summed E-state index contributed by atoms with van der Waals surface area (Å²) in [6.45, 7) is 1.19. The van der Waals surface area contributed by atoms with Gasteiger partial charge in [-0.05, 0) is 41.8 Å². The lowest BCUT2D eigenvalue weighted by Gasteiger charge is -2.05. The molecule has 1 N–H and O–H groups in total. The standard InChI is InChI=1S/C16H14BrN3OS/c17-14-3-1-12(2-4-14)16(21)18-7-9-20-8-5-15(19-20)13-6-10-22-11-13/h1-6,8,10-11H,7,9H2,(H,18,21). The number of nitrogens with one attached hydrogen (secondary N) is 1. The van der Waals surface area contributed by atoms with Crippen LogP contribution in [0.3, 0.4) is 0 Å². The maximum atomic E-state index is 12.0. The first-order chi connectivity index (χ1) is 10.7. The van der Waals surface area contributed by atoms with Gasteiger partial charge in [-0.1, -0.05) is 15.9 Å². The lowest BCUT2D eigenvalue weighted by Crippen LogP contribution is -2.27. The molecule has 0 fully saturated rings. The Hall–Kier alpha value is -1.92. The van der Waals surface area contributed by atoms with Crippen LogP contribution in [0.2, 0.25) is 0 Å². The van der Waals surface area contributed by atoms with E-state index in [1.807, 2.05) is 40.5 Å². The summed E-state index contributed by atoms with van der Waals surface area (Å²) in [5, 5.41) is 11.5. The first kappa shape index (κ1) is 15.0. The number of thiophene rings is 1. The summed E-state index contributed by atoms with van der Waals surface area (Å²) in [5.74, 6) is -0.0716. The molecule has 0 aliphatic heterocycles. The average Bonchev–Trinajstić information content (AvgIpc) is 3.19. The molecule has 2 heterocycles. The summed E-state index contributed by atoms with van der Waals surface area (Å²) in [6, 6.07) is 11.3. The van der Waals surface area contributed by atoms with Crippen LogP contribution in [-0.2, 0) is 6.54 Å². The van der Waals surface area contributed by atoms with E-state index in [2.05, 4.69) is 31.7 Å². The van der Waals surface area contributed by atoms with Crippen LogP contribution in [0.5, 0.6) is 0 Å². The molecule has 0 bridgehead atoms. The smallest absolute Gasteiger partial charge is 0.251 e. The third-order valence-corrected chi connectivity index (χ3v) is 4.40. The Morgan fingerprint density at radius 2 is 2.05 bits per heavy atom. The van der Waals surface area contributed by atoms with Crippen molar-refractivity contribution >= 4 is 33.2 Å². The van der Waals surface area contributed by atoms with Crippen molar-refractivity contribution < 1.29 is 4.79 Å². The zero-order valence-corrected chi connectivity index (χ0v) is 14.1. The summed E-state index contributed by atoms with van der Waals surface area (Å²) in [4.78, 5) is 12.0. The molecule has 112 valence electrons. The van der Waals surface area contributed by atoms with E-state index < -0.39 is 0 Å². The minimum absolute atomic E-state index is 0.0716. The van der Waals surface area contributed by atoms with E-state index in [9.17, 15) is 4.79 Å². The highest BCUT2D eigenvalue weighted by molar-refractivity contribution is 9.10. The number of carbonyl (C=O) groups is 1. The number of halogens is 1. The minimum atomic E-state index is -0.0716. The quantitative estimate of drug-likeness (QED) is 0.736. The molecule has 1 aromatic carbocycles. The van der Waals surface area contributed by atoms with Crippen molar-refractivity contribution in [3.8, 4) is 11.3 Å². The van der Waals surface area contributed by atoms with E-state index in [1.54, 1.807) is 23.5 Å². The van der Waals surface area contributed by atoms with E-state index in [1.165, 1.54) is 0 Å². The van der Waals surface area contributed by atoms with Crippen LogP contribution >= 0.6 is 27.3 Å². The van der Waals surface area contributed by atoms with Gasteiger partial charge in [0.25, 0.3) is 5.91 Å². The van der Waals surface area contributed by atoms with Crippen molar-refractivity contribution in [1.82, 2.24) is 15.1 Å². The fourth-order valence-corrected chi connectivity index (χ4v) is 2.95. The van der Waals surface area contributed by atoms with Crippen LogP contribution < -0.4 is 5.32 Å². The molecule has 0 unspecified atom stereocenters. The van der Waals surface area contributed by atoms with Crippen LogP contribution in [0, 0.1) is 0 Å². The number of benzene rings is 1. The van der Waals surface area contributed by atoms with Gasteiger partial charge in [0.2, 0.25) is 0 Å². The zero-order chi connectivity index (χ0) is 15.4. The first-order valence-corrected chi connectivity index (χ1v) is 8.56. The molecule has 6 heteroatoms. The Labute approximate surface area is 140 Å². The number of amides is 1. The maximum absolute atomic E-state index is 12.0. The third kappa shape index (κ3) is 3.64. The van der Waals surface area contributed by atoms with Crippen molar-refractivity contribution in [1.29, 1.82) is 0 Å². The SMILES string of the molecule is O=C(NCCn1ccc(-c2ccsc2)n1)c1ccc(Br)cc1. The van der Waals surface area contributed by atoms with E-state index in [4.69, 9.17) is 0 Å². The fraction of sp³-hybridized carbons (Fsp3) is 0.125. The summed E-state index contributed by atoms with van der Waals surface area (Å²) in [6.07, 6.45) is 1.93. The normalized spacial score (nSPS) is 10.6. The summed E-state index contributed by atoms with van der Waals surface area (Å²) in [7, 11) is 0. The minimum Gasteiger partial charge on any atom is -0.350 e. The number of rotatable bonds is 5. The van der Waals surface area contributed by atoms with Gasteiger partial charge in [0.15, 0.2) is 0 Å². The first-order valence-electron chi connectivity index (χ1n) is 6.82. The van der Waals surface area contributed by atoms with Crippen molar-refractivity contribution in [2.75, 3.05) is 6.54 Å². The summed E-state index contributed by atoms with van der Waals surface area (Å²) < 4.78 is 2.80. The molecule has 0 aliphatic carbocycles. The third-order valence-electron chi connectivity index (χ3n) is 3.19. The number of hydrogen-bond donors (Lipinski definition) is 1. The molecule has 3 aromatic rings. The second-order valence-electron chi connectivity index (χ2n) is 4.74. The van der Waals surface area contributed by atoms with Crippen LogP contribution in [0.25, 0.3) is 11.3 Å². The second-order valence-corrected chi connectivity index (χ2v) is 6.43. The lowest BCUT2D eigenvalue weighted by atomic mass is 10.2. The molecular weight excluding hydrogens is 362 g/mol. The van der Waals surface area contributed by atoms with E-state index >= 15 is 0 Å². The summed E-state index contributed by atoms with van der Waals surface area (Å²) in [5.41, 5.74) is 2.74. The number of carbonyl (C=O) groups excluding carboxylic acids is 1. The van der Waals surface area contributed by atoms with Crippen molar-refractivity contribution in [2.24, 2.45) is 0 Å². The molecule has 0 aliphatic rings. The highest BCUT2D eigenvalue weighted by atomic mass is 79.9. The van der Waals surface area contributed by atoms with E-state index in [0.29, 0.717) is 18.7 Å². The highest BCUT2D eigenvalue weighted by Crippen LogP contribution is 2.19. The van der Waals surface area contributed by atoms with E-state index in [-0.39, 0.29) is 5.91 Å². The Bertz CT molecular complexity index is 750. The lowest BCUT2D eigenvalue weighted by molar-refractivity contribution is 0.0952. The molecule has 0 atom stereocenters. The van der Waals surface area contributed by atoms with Crippen LogP contribution in [0.4, 0.5) is 0 Å². The zero-order valence-electron chi connectivity index (χ0n) is 11.7. The second kappa shape index (κ2) is 6.89. The molecule has 22 heavy (non-hydrogen) atoms. The Morgan fingerprint density at radius 1 is 1.23 bits per heavy atom. The molecule has 3 rings (SSSR count).